The molecular formula is C16H15ClN2O5. The highest BCUT2D eigenvalue weighted by Crippen LogP contribution is 2.37. The van der Waals surface area contributed by atoms with Gasteiger partial charge in [0.05, 0.1) is 12.2 Å². The number of halogens is 1. The third-order valence-electron chi connectivity index (χ3n) is 3.80. The van der Waals surface area contributed by atoms with Gasteiger partial charge in [-0.25, -0.2) is 4.79 Å². The standard InChI is InChI=1S/C16H15ClN2O5/c1-2-23-15(21)10-7-11-13(20)18-16(22)19-14(11)24-12(10)8-4-3-5-9(17)6-8/h3-6,10,12H,2,7H2,1H3,(H2,18,19,20,22)/t10-,12+/m1/s1. The van der Waals surface area contributed by atoms with Crippen LogP contribution in [0.2, 0.25) is 5.02 Å². The number of rotatable bonds is 3. The lowest BCUT2D eigenvalue weighted by Gasteiger charge is -2.31. The maximum atomic E-state index is 12.3. The van der Waals surface area contributed by atoms with Gasteiger partial charge in [0.25, 0.3) is 5.56 Å². The Morgan fingerprint density at radius 1 is 1.38 bits per heavy atom. The first-order chi connectivity index (χ1) is 11.5. The molecule has 1 aromatic heterocycles. The number of aromatic nitrogens is 2. The van der Waals surface area contributed by atoms with Crippen LogP contribution < -0.4 is 16.0 Å². The fraction of sp³-hybridized carbons (Fsp3) is 0.312. The fourth-order valence-electron chi connectivity index (χ4n) is 2.75. The molecule has 8 heteroatoms. The third kappa shape index (κ3) is 3.07. The summed E-state index contributed by atoms with van der Waals surface area (Å²) in [4.78, 5) is 40.4. The predicted octanol–water partition coefficient (Wildman–Crippen LogP) is 1.57. The molecule has 0 saturated carbocycles. The van der Waals surface area contributed by atoms with Crippen molar-refractivity contribution in [2.45, 2.75) is 19.4 Å². The Balaban J connectivity index is 2.08. The number of esters is 1. The average molecular weight is 351 g/mol. The van der Waals surface area contributed by atoms with E-state index in [9.17, 15) is 14.4 Å². The Bertz CT molecular complexity index is 889. The van der Waals surface area contributed by atoms with Crippen LogP contribution in [0.15, 0.2) is 33.9 Å². The van der Waals surface area contributed by atoms with Crippen molar-refractivity contribution in [1.29, 1.82) is 0 Å². The van der Waals surface area contributed by atoms with Gasteiger partial charge in [-0.05, 0) is 24.6 Å². The van der Waals surface area contributed by atoms with Gasteiger partial charge in [0.2, 0.25) is 5.88 Å². The highest BCUT2D eigenvalue weighted by molar-refractivity contribution is 6.30. The van der Waals surface area contributed by atoms with Crippen LogP contribution in [0.1, 0.15) is 24.2 Å². The monoisotopic (exact) mass is 350 g/mol. The predicted molar refractivity (Wildman–Crippen MR) is 86.3 cm³/mol. The lowest BCUT2D eigenvalue weighted by molar-refractivity contribution is -0.152. The summed E-state index contributed by atoms with van der Waals surface area (Å²) in [5.74, 6) is -1.13. The first-order valence-electron chi connectivity index (χ1n) is 7.43. The van der Waals surface area contributed by atoms with E-state index in [0.29, 0.717) is 10.6 Å². The molecule has 2 aromatic rings. The van der Waals surface area contributed by atoms with Crippen molar-refractivity contribution in [3.05, 3.63) is 61.3 Å². The minimum Gasteiger partial charge on any atom is -0.469 e. The Morgan fingerprint density at radius 3 is 2.88 bits per heavy atom. The average Bonchev–Trinajstić information content (AvgIpc) is 2.54. The van der Waals surface area contributed by atoms with Crippen LogP contribution in [-0.4, -0.2) is 22.5 Å². The Morgan fingerprint density at radius 2 is 2.17 bits per heavy atom. The van der Waals surface area contributed by atoms with Crippen molar-refractivity contribution >= 4 is 17.6 Å². The van der Waals surface area contributed by atoms with E-state index in [1.807, 2.05) is 0 Å². The summed E-state index contributed by atoms with van der Waals surface area (Å²) in [6.07, 6.45) is -0.620. The van der Waals surface area contributed by atoms with Gasteiger partial charge in [-0.15, -0.1) is 0 Å². The van der Waals surface area contributed by atoms with Crippen LogP contribution >= 0.6 is 11.6 Å². The van der Waals surface area contributed by atoms with Crippen molar-refractivity contribution in [2.75, 3.05) is 6.61 Å². The van der Waals surface area contributed by atoms with Crippen LogP contribution in [0.3, 0.4) is 0 Å². The third-order valence-corrected chi connectivity index (χ3v) is 4.04. The second-order valence-corrected chi connectivity index (χ2v) is 5.81. The number of hydrogen-bond acceptors (Lipinski definition) is 5. The summed E-state index contributed by atoms with van der Waals surface area (Å²) in [6, 6.07) is 6.88. The number of benzene rings is 1. The quantitative estimate of drug-likeness (QED) is 0.818. The molecule has 24 heavy (non-hydrogen) atoms. The van der Waals surface area contributed by atoms with E-state index in [4.69, 9.17) is 21.1 Å². The first kappa shape index (κ1) is 16.3. The van der Waals surface area contributed by atoms with Crippen molar-refractivity contribution in [2.24, 2.45) is 5.92 Å². The molecule has 2 atom stereocenters. The number of fused-ring (bicyclic) bond motifs is 1. The molecule has 0 amide bonds. The lowest BCUT2D eigenvalue weighted by Crippen LogP contribution is -2.38. The summed E-state index contributed by atoms with van der Waals surface area (Å²) >= 11 is 6.02. The summed E-state index contributed by atoms with van der Waals surface area (Å²) in [7, 11) is 0. The number of ether oxygens (including phenoxy) is 2. The molecular weight excluding hydrogens is 336 g/mol. The first-order valence-corrected chi connectivity index (χ1v) is 7.81. The summed E-state index contributed by atoms with van der Waals surface area (Å²) in [6.45, 7) is 1.92. The van der Waals surface area contributed by atoms with E-state index in [1.54, 1.807) is 31.2 Å². The van der Waals surface area contributed by atoms with Gasteiger partial charge < -0.3 is 9.47 Å². The number of hydrogen-bond donors (Lipinski definition) is 2. The van der Waals surface area contributed by atoms with Gasteiger partial charge in [0, 0.05) is 11.4 Å². The maximum Gasteiger partial charge on any atom is 0.328 e. The SMILES string of the molecule is CCOC(=O)[C@@H]1Cc2c([nH]c(=O)[nH]c2=O)O[C@H]1c1cccc(Cl)c1. The second kappa shape index (κ2) is 6.52. The molecule has 0 fully saturated rings. The van der Waals surface area contributed by atoms with Crippen molar-refractivity contribution in [3.63, 3.8) is 0 Å². The zero-order valence-corrected chi connectivity index (χ0v) is 13.6. The van der Waals surface area contributed by atoms with Crippen molar-refractivity contribution in [3.8, 4) is 5.88 Å². The van der Waals surface area contributed by atoms with Gasteiger partial charge in [0.1, 0.15) is 12.0 Å². The minimum absolute atomic E-state index is 0.0641. The molecule has 2 N–H and O–H groups in total. The van der Waals surface area contributed by atoms with Crippen LogP contribution in [0, 0.1) is 5.92 Å². The summed E-state index contributed by atoms with van der Waals surface area (Å²) in [5.41, 5.74) is -0.371. The number of carbonyl (C=O) groups excluding carboxylic acids is 1. The molecule has 0 unspecified atom stereocenters. The zero-order valence-electron chi connectivity index (χ0n) is 12.8. The minimum atomic E-state index is -0.720. The van der Waals surface area contributed by atoms with Crippen molar-refractivity contribution in [1.82, 2.24) is 9.97 Å². The molecule has 0 spiro atoms. The highest BCUT2D eigenvalue weighted by Gasteiger charge is 2.39. The number of carbonyl (C=O) groups is 1. The maximum absolute atomic E-state index is 12.3. The normalized spacial score (nSPS) is 19.2. The Kier molecular flexibility index (Phi) is 4.44. The molecule has 2 heterocycles. The topological polar surface area (TPSA) is 101 Å². The molecule has 0 aliphatic carbocycles. The lowest BCUT2D eigenvalue weighted by atomic mass is 9.88. The van der Waals surface area contributed by atoms with Crippen LogP contribution in [0.5, 0.6) is 5.88 Å². The zero-order chi connectivity index (χ0) is 17.3. The molecule has 1 aliphatic heterocycles. The highest BCUT2D eigenvalue weighted by atomic mass is 35.5. The van der Waals surface area contributed by atoms with Gasteiger partial charge in [-0.2, -0.15) is 0 Å². The summed E-state index contributed by atoms with van der Waals surface area (Å²) in [5, 5.41) is 0.490. The van der Waals surface area contributed by atoms with E-state index in [1.165, 1.54) is 0 Å². The smallest absolute Gasteiger partial charge is 0.328 e. The van der Waals surface area contributed by atoms with E-state index in [2.05, 4.69) is 9.97 Å². The van der Waals surface area contributed by atoms with Crippen LogP contribution in [0.4, 0.5) is 0 Å². The van der Waals surface area contributed by atoms with Gasteiger partial charge in [-0.3, -0.25) is 19.6 Å². The molecule has 0 radical (unpaired) electrons. The fourth-order valence-corrected chi connectivity index (χ4v) is 2.95. The molecule has 0 saturated heterocycles. The summed E-state index contributed by atoms with van der Waals surface area (Å²) < 4.78 is 10.9. The number of aromatic amines is 2. The van der Waals surface area contributed by atoms with Gasteiger partial charge >= 0.3 is 11.7 Å². The van der Waals surface area contributed by atoms with E-state index >= 15 is 0 Å². The van der Waals surface area contributed by atoms with Gasteiger partial charge in [0.15, 0.2) is 0 Å². The van der Waals surface area contributed by atoms with E-state index in [-0.39, 0.29) is 24.5 Å². The van der Waals surface area contributed by atoms with E-state index < -0.39 is 29.2 Å². The second-order valence-electron chi connectivity index (χ2n) is 5.37. The molecule has 1 aliphatic rings. The number of nitrogens with one attached hydrogen (secondary N) is 2. The molecule has 3 rings (SSSR count). The Hall–Kier alpha value is -2.54. The Labute approximate surface area is 141 Å². The van der Waals surface area contributed by atoms with E-state index in [0.717, 1.165) is 0 Å². The largest absolute Gasteiger partial charge is 0.469 e. The molecule has 126 valence electrons. The molecule has 0 bridgehead atoms. The molecule has 7 nitrogen and oxygen atoms in total. The van der Waals surface area contributed by atoms with Crippen molar-refractivity contribution < 1.29 is 14.3 Å². The van der Waals surface area contributed by atoms with Crippen LogP contribution in [0.25, 0.3) is 0 Å². The van der Waals surface area contributed by atoms with Crippen LogP contribution in [-0.2, 0) is 16.0 Å². The number of H-pyrrole nitrogens is 2. The molecule has 1 aromatic carbocycles. The van der Waals surface area contributed by atoms with Gasteiger partial charge in [-0.1, -0.05) is 23.7 Å².